The molecular formula is C17H17ClN2O2S. The topological polar surface area (TPSA) is 72.2 Å². The van der Waals surface area contributed by atoms with Crippen LogP contribution < -0.4 is 11.1 Å². The summed E-state index contributed by atoms with van der Waals surface area (Å²) in [6.45, 7) is 1.85. The Morgan fingerprint density at radius 2 is 1.74 bits per heavy atom. The molecular weight excluding hydrogens is 332 g/mol. The molecule has 0 spiro atoms. The molecule has 0 saturated heterocycles. The molecule has 0 saturated carbocycles. The van der Waals surface area contributed by atoms with Crippen LogP contribution in [-0.2, 0) is 10.5 Å². The Labute approximate surface area is 144 Å². The maximum Gasteiger partial charge on any atom is 0.248 e. The number of thioether (sulfide) groups is 1. The molecule has 3 N–H and O–H groups in total. The van der Waals surface area contributed by atoms with E-state index in [0.717, 1.165) is 11.3 Å². The molecule has 0 bridgehead atoms. The molecule has 6 heteroatoms. The van der Waals surface area contributed by atoms with Gasteiger partial charge in [0.05, 0.1) is 5.25 Å². The fourth-order valence-electron chi connectivity index (χ4n) is 1.84. The molecule has 0 aliphatic carbocycles. The largest absolute Gasteiger partial charge is 0.366 e. The van der Waals surface area contributed by atoms with Gasteiger partial charge in [-0.3, -0.25) is 9.59 Å². The van der Waals surface area contributed by atoms with Crippen molar-refractivity contribution >= 4 is 40.9 Å². The van der Waals surface area contributed by atoms with Crippen LogP contribution in [0.15, 0.2) is 48.5 Å². The number of benzene rings is 2. The summed E-state index contributed by atoms with van der Waals surface area (Å²) in [6, 6.07) is 14.1. The molecule has 1 atom stereocenters. The Bertz CT molecular complexity index is 687. The highest BCUT2D eigenvalue weighted by Gasteiger charge is 2.14. The zero-order valence-electron chi connectivity index (χ0n) is 12.6. The standard InChI is InChI=1S/C17H17ClN2O2S/c1-11(23-10-12-2-6-14(18)7-3-12)17(22)20-15-8-4-13(5-9-15)16(19)21/h2-9,11H,10H2,1H3,(H2,19,21)(H,20,22)/t11-/m0/s1. The highest BCUT2D eigenvalue weighted by Crippen LogP contribution is 2.20. The first kappa shape index (κ1) is 17.4. The van der Waals surface area contributed by atoms with E-state index in [9.17, 15) is 9.59 Å². The predicted molar refractivity (Wildman–Crippen MR) is 95.8 cm³/mol. The molecule has 0 aliphatic rings. The van der Waals surface area contributed by atoms with Gasteiger partial charge in [-0.05, 0) is 48.9 Å². The van der Waals surface area contributed by atoms with Crippen molar-refractivity contribution in [3.05, 3.63) is 64.7 Å². The van der Waals surface area contributed by atoms with E-state index in [1.54, 1.807) is 36.0 Å². The van der Waals surface area contributed by atoms with Crippen molar-refractivity contribution in [1.29, 1.82) is 0 Å². The van der Waals surface area contributed by atoms with E-state index in [0.29, 0.717) is 16.3 Å². The first-order valence-corrected chi connectivity index (χ1v) is 8.45. The van der Waals surface area contributed by atoms with Gasteiger partial charge < -0.3 is 11.1 Å². The monoisotopic (exact) mass is 348 g/mol. The fraction of sp³-hybridized carbons (Fsp3) is 0.176. The lowest BCUT2D eigenvalue weighted by molar-refractivity contribution is -0.115. The second-order valence-corrected chi connectivity index (χ2v) is 6.78. The quantitative estimate of drug-likeness (QED) is 0.836. The third-order valence-corrected chi connectivity index (χ3v) is 4.69. The number of anilines is 1. The van der Waals surface area contributed by atoms with Gasteiger partial charge in [-0.15, -0.1) is 11.8 Å². The number of amides is 2. The average molecular weight is 349 g/mol. The second kappa shape index (κ2) is 8.04. The maximum absolute atomic E-state index is 12.2. The number of nitrogens with one attached hydrogen (secondary N) is 1. The van der Waals surface area contributed by atoms with Crippen LogP contribution in [0.3, 0.4) is 0 Å². The van der Waals surface area contributed by atoms with E-state index in [2.05, 4.69) is 5.32 Å². The van der Waals surface area contributed by atoms with Gasteiger partial charge in [-0.2, -0.15) is 0 Å². The summed E-state index contributed by atoms with van der Waals surface area (Å²) in [5.74, 6) is 0.150. The Kier molecular flexibility index (Phi) is 6.07. The van der Waals surface area contributed by atoms with Gasteiger partial charge in [0.1, 0.15) is 0 Å². The van der Waals surface area contributed by atoms with Crippen LogP contribution in [0.5, 0.6) is 0 Å². The minimum atomic E-state index is -0.491. The Morgan fingerprint density at radius 1 is 1.13 bits per heavy atom. The van der Waals surface area contributed by atoms with Crippen LogP contribution in [0.25, 0.3) is 0 Å². The van der Waals surface area contributed by atoms with Crippen molar-refractivity contribution in [2.24, 2.45) is 5.73 Å². The molecule has 0 unspecified atom stereocenters. The highest BCUT2D eigenvalue weighted by molar-refractivity contribution is 7.99. The zero-order chi connectivity index (χ0) is 16.8. The van der Waals surface area contributed by atoms with Gasteiger partial charge in [0.2, 0.25) is 11.8 Å². The van der Waals surface area contributed by atoms with E-state index in [-0.39, 0.29) is 11.2 Å². The Balaban J connectivity index is 1.86. The number of primary amides is 1. The van der Waals surface area contributed by atoms with Gasteiger partial charge in [0.15, 0.2) is 0 Å². The van der Waals surface area contributed by atoms with Crippen molar-refractivity contribution in [2.45, 2.75) is 17.9 Å². The molecule has 2 aromatic rings. The molecule has 0 aliphatic heterocycles. The predicted octanol–water partition coefficient (Wildman–Crippen LogP) is 3.70. The van der Waals surface area contributed by atoms with Crippen LogP contribution in [0.1, 0.15) is 22.8 Å². The number of hydrogen-bond acceptors (Lipinski definition) is 3. The first-order chi connectivity index (χ1) is 11.0. The number of nitrogens with two attached hydrogens (primary N) is 1. The van der Waals surface area contributed by atoms with Crippen molar-refractivity contribution < 1.29 is 9.59 Å². The maximum atomic E-state index is 12.2. The molecule has 0 heterocycles. The Morgan fingerprint density at radius 3 is 2.30 bits per heavy atom. The molecule has 0 aromatic heterocycles. The van der Waals surface area contributed by atoms with E-state index in [4.69, 9.17) is 17.3 Å². The lowest BCUT2D eigenvalue weighted by Gasteiger charge is -2.12. The fourth-order valence-corrected chi connectivity index (χ4v) is 2.81. The molecule has 2 amide bonds. The molecule has 2 aromatic carbocycles. The van der Waals surface area contributed by atoms with Crippen LogP contribution in [0.2, 0.25) is 5.02 Å². The first-order valence-electron chi connectivity index (χ1n) is 7.02. The SMILES string of the molecule is C[C@H](SCc1ccc(Cl)cc1)C(=O)Nc1ccc(C(N)=O)cc1. The number of carbonyl (C=O) groups is 2. The van der Waals surface area contributed by atoms with Crippen LogP contribution in [0, 0.1) is 0 Å². The number of rotatable bonds is 6. The number of carbonyl (C=O) groups excluding carboxylic acids is 2. The summed E-state index contributed by atoms with van der Waals surface area (Å²) >= 11 is 7.39. The van der Waals surface area contributed by atoms with Crippen molar-refractivity contribution in [2.75, 3.05) is 5.32 Å². The zero-order valence-corrected chi connectivity index (χ0v) is 14.2. The minimum Gasteiger partial charge on any atom is -0.366 e. The summed E-state index contributed by atoms with van der Waals surface area (Å²) < 4.78 is 0. The van der Waals surface area contributed by atoms with Crippen molar-refractivity contribution in [1.82, 2.24) is 0 Å². The summed E-state index contributed by atoms with van der Waals surface area (Å²) in [4.78, 5) is 23.2. The summed E-state index contributed by atoms with van der Waals surface area (Å²) in [7, 11) is 0. The molecule has 0 fully saturated rings. The molecule has 23 heavy (non-hydrogen) atoms. The normalized spacial score (nSPS) is 11.7. The van der Waals surface area contributed by atoms with Crippen LogP contribution >= 0.6 is 23.4 Å². The smallest absolute Gasteiger partial charge is 0.248 e. The average Bonchev–Trinajstić information content (AvgIpc) is 2.54. The summed E-state index contributed by atoms with van der Waals surface area (Å²) in [6.07, 6.45) is 0. The van der Waals surface area contributed by atoms with Gasteiger partial charge in [0.25, 0.3) is 0 Å². The lowest BCUT2D eigenvalue weighted by Crippen LogP contribution is -2.22. The van der Waals surface area contributed by atoms with Gasteiger partial charge in [0, 0.05) is 22.0 Å². The van der Waals surface area contributed by atoms with E-state index in [1.807, 2.05) is 31.2 Å². The van der Waals surface area contributed by atoms with Crippen LogP contribution in [0.4, 0.5) is 5.69 Å². The summed E-state index contributed by atoms with van der Waals surface area (Å²) in [5, 5.41) is 3.31. The third-order valence-electron chi connectivity index (χ3n) is 3.22. The minimum absolute atomic E-state index is 0.0872. The van der Waals surface area contributed by atoms with Crippen molar-refractivity contribution in [3.8, 4) is 0 Å². The number of halogens is 1. The Hall–Kier alpha value is -1.98. The third kappa shape index (κ3) is 5.30. The highest BCUT2D eigenvalue weighted by atomic mass is 35.5. The molecule has 0 radical (unpaired) electrons. The van der Waals surface area contributed by atoms with Gasteiger partial charge >= 0.3 is 0 Å². The molecule has 2 rings (SSSR count). The lowest BCUT2D eigenvalue weighted by atomic mass is 10.2. The number of hydrogen-bond donors (Lipinski definition) is 2. The molecule has 120 valence electrons. The van der Waals surface area contributed by atoms with Gasteiger partial charge in [-0.1, -0.05) is 23.7 Å². The summed E-state index contributed by atoms with van der Waals surface area (Å²) in [5.41, 5.74) is 7.34. The van der Waals surface area contributed by atoms with E-state index < -0.39 is 5.91 Å². The molecule has 4 nitrogen and oxygen atoms in total. The van der Waals surface area contributed by atoms with E-state index in [1.165, 1.54) is 0 Å². The van der Waals surface area contributed by atoms with Crippen LogP contribution in [-0.4, -0.2) is 17.1 Å². The van der Waals surface area contributed by atoms with E-state index >= 15 is 0 Å². The second-order valence-electron chi connectivity index (χ2n) is 5.01. The van der Waals surface area contributed by atoms with Crippen molar-refractivity contribution in [3.63, 3.8) is 0 Å². The van der Waals surface area contributed by atoms with Gasteiger partial charge in [-0.25, -0.2) is 0 Å².